The predicted octanol–water partition coefficient (Wildman–Crippen LogP) is 2.55. The third-order valence-electron chi connectivity index (χ3n) is 1.98. The number of nitrogens with one attached hydrogen (secondary N) is 1. The van der Waals surface area contributed by atoms with Gasteiger partial charge in [-0.25, -0.2) is 0 Å². The number of alkyl halides is 3. The van der Waals surface area contributed by atoms with Crippen molar-refractivity contribution >= 4 is 17.7 Å². The molecule has 0 aliphatic rings. The Morgan fingerprint density at radius 3 is 2.44 bits per heavy atom. The van der Waals surface area contributed by atoms with Gasteiger partial charge in [-0.1, -0.05) is 0 Å². The molecule has 1 rings (SSSR count). The molecule has 3 nitrogen and oxygen atoms in total. The number of benzene rings is 1. The van der Waals surface area contributed by atoms with Gasteiger partial charge in [0.2, 0.25) is 5.91 Å². The van der Waals surface area contributed by atoms with Crippen LogP contribution in [0.25, 0.3) is 0 Å². The Hall–Kier alpha value is -1.37. The van der Waals surface area contributed by atoms with Gasteiger partial charge in [0.15, 0.2) is 0 Å². The minimum Gasteiger partial charge on any atom is -0.508 e. The van der Waals surface area contributed by atoms with Crippen LogP contribution >= 0.6 is 11.8 Å². The molecule has 1 aromatic carbocycles. The molecule has 100 valence electrons. The molecule has 7 heteroatoms. The second kappa shape index (κ2) is 5.99. The first-order valence-corrected chi connectivity index (χ1v) is 5.96. The Kier molecular flexibility index (Phi) is 4.89. The van der Waals surface area contributed by atoms with Crippen LogP contribution in [0.3, 0.4) is 0 Å². The van der Waals surface area contributed by atoms with E-state index in [4.69, 9.17) is 5.11 Å². The molecular weight excluding hydrogens is 267 g/mol. The molecular formula is C11H12F3NO2S. The van der Waals surface area contributed by atoms with E-state index in [1.807, 2.05) is 5.32 Å². The number of phenols is 1. The summed E-state index contributed by atoms with van der Waals surface area (Å²) in [5.41, 5.74) is 0. The normalized spacial score (nSPS) is 13.1. The van der Waals surface area contributed by atoms with Gasteiger partial charge >= 0.3 is 6.18 Å². The van der Waals surface area contributed by atoms with Crippen LogP contribution in [0, 0.1) is 0 Å². The number of hydrogen-bond donors (Lipinski definition) is 2. The summed E-state index contributed by atoms with van der Waals surface area (Å²) >= 11 is 1.12. The summed E-state index contributed by atoms with van der Waals surface area (Å²) in [6.07, 6.45) is -4.40. The van der Waals surface area contributed by atoms with Crippen LogP contribution in [0.1, 0.15) is 6.92 Å². The van der Waals surface area contributed by atoms with E-state index in [9.17, 15) is 18.0 Å². The first kappa shape index (κ1) is 14.7. The van der Waals surface area contributed by atoms with Crippen molar-refractivity contribution in [1.82, 2.24) is 5.32 Å². The summed E-state index contributed by atoms with van der Waals surface area (Å²) in [7, 11) is 0. The number of hydrogen-bond acceptors (Lipinski definition) is 3. The molecule has 0 spiro atoms. The molecule has 1 unspecified atom stereocenters. The van der Waals surface area contributed by atoms with Gasteiger partial charge in [0, 0.05) is 4.90 Å². The zero-order valence-corrected chi connectivity index (χ0v) is 10.3. The first-order valence-electron chi connectivity index (χ1n) is 5.08. The van der Waals surface area contributed by atoms with Crippen molar-refractivity contribution in [3.8, 4) is 5.75 Å². The molecule has 1 aromatic rings. The third kappa shape index (κ3) is 5.31. The Balaban J connectivity index is 2.47. The lowest BCUT2D eigenvalue weighted by Crippen LogP contribution is -2.37. The van der Waals surface area contributed by atoms with E-state index in [1.165, 1.54) is 19.1 Å². The number of rotatable bonds is 4. The van der Waals surface area contributed by atoms with Crippen LogP contribution in [0.15, 0.2) is 29.2 Å². The Labute approximate surface area is 106 Å². The highest BCUT2D eigenvalue weighted by molar-refractivity contribution is 8.00. The fraction of sp³-hybridized carbons (Fsp3) is 0.364. The molecule has 2 N–H and O–H groups in total. The summed E-state index contributed by atoms with van der Waals surface area (Å²) in [4.78, 5) is 12.1. The van der Waals surface area contributed by atoms with Gasteiger partial charge in [-0.2, -0.15) is 13.2 Å². The van der Waals surface area contributed by atoms with Crippen LogP contribution in [0.2, 0.25) is 0 Å². The highest BCUT2D eigenvalue weighted by atomic mass is 32.2. The van der Waals surface area contributed by atoms with Crippen LogP contribution < -0.4 is 5.32 Å². The van der Waals surface area contributed by atoms with Gasteiger partial charge in [-0.05, 0) is 31.2 Å². The lowest BCUT2D eigenvalue weighted by molar-refractivity contribution is -0.137. The second-order valence-corrected chi connectivity index (χ2v) is 5.00. The summed E-state index contributed by atoms with van der Waals surface area (Å²) < 4.78 is 35.7. The molecule has 1 atom stereocenters. The molecule has 0 aromatic heterocycles. The van der Waals surface area contributed by atoms with Crippen LogP contribution in [0.4, 0.5) is 13.2 Å². The number of phenolic OH excluding ortho intramolecular Hbond substituents is 1. The topological polar surface area (TPSA) is 49.3 Å². The van der Waals surface area contributed by atoms with E-state index in [2.05, 4.69) is 0 Å². The van der Waals surface area contributed by atoms with Crippen molar-refractivity contribution in [2.24, 2.45) is 0 Å². The van der Waals surface area contributed by atoms with Crippen LogP contribution in [0.5, 0.6) is 5.75 Å². The van der Waals surface area contributed by atoms with E-state index in [1.54, 1.807) is 12.1 Å². The zero-order chi connectivity index (χ0) is 13.8. The fourth-order valence-electron chi connectivity index (χ4n) is 1.11. The monoisotopic (exact) mass is 279 g/mol. The molecule has 0 aliphatic heterocycles. The van der Waals surface area contributed by atoms with E-state index >= 15 is 0 Å². The summed E-state index contributed by atoms with van der Waals surface area (Å²) in [6.45, 7) is 0.190. The molecule has 1 amide bonds. The number of thioether (sulfide) groups is 1. The first-order chi connectivity index (χ1) is 8.28. The van der Waals surface area contributed by atoms with Crippen molar-refractivity contribution in [2.75, 3.05) is 6.54 Å². The van der Waals surface area contributed by atoms with Gasteiger partial charge in [0.25, 0.3) is 0 Å². The number of aromatic hydroxyl groups is 1. The minimum absolute atomic E-state index is 0.0912. The van der Waals surface area contributed by atoms with E-state index in [0.29, 0.717) is 4.90 Å². The largest absolute Gasteiger partial charge is 0.508 e. The lowest BCUT2D eigenvalue weighted by atomic mass is 10.3. The molecule has 0 saturated carbocycles. The maximum absolute atomic E-state index is 11.9. The zero-order valence-electron chi connectivity index (χ0n) is 9.49. The lowest BCUT2D eigenvalue weighted by Gasteiger charge is -2.13. The quantitative estimate of drug-likeness (QED) is 0.833. The molecule has 0 bridgehead atoms. The number of amides is 1. The fourth-order valence-corrected chi connectivity index (χ4v) is 2.01. The summed E-state index contributed by atoms with van der Waals surface area (Å²) in [6, 6.07) is 6.08. The number of carbonyl (C=O) groups is 1. The second-order valence-electron chi connectivity index (χ2n) is 3.59. The van der Waals surface area contributed by atoms with E-state index in [-0.39, 0.29) is 5.75 Å². The SMILES string of the molecule is CC(Sc1ccc(O)cc1)C(=O)NCC(F)(F)F. The van der Waals surface area contributed by atoms with Gasteiger partial charge < -0.3 is 10.4 Å². The van der Waals surface area contributed by atoms with Gasteiger partial charge in [0.1, 0.15) is 12.3 Å². The maximum Gasteiger partial charge on any atom is 0.405 e. The minimum atomic E-state index is -4.40. The maximum atomic E-state index is 11.9. The molecule has 0 saturated heterocycles. The highest BCUT2D eigenvalue weighted by Crippen LogP contribution is 2.25. The smallest absolute Gasteiger partial charge is 0.405 e. The summed E-state index contributed by atoms with van der Waals surface area (Å²) in [5.74, 6) is -0.584. The third-order valence-corrected chi connectivity index (χ3v) is 3.09. The average Bonchev–Trinajstić information content (AvgIpc) is 2.28. The Bertz CT molecular complexity index is 406. The molecule has 0 fully saturated rings. The van der Waals surface area contributed by atoms with E-state index in [0.717, 1.165) is 11.8 Å². The summed E-state index contributed by atoms with van der Waals surface area (Å²) in [5, 5.41) is 10.2. The van der Waals surface area contributed by atoms with Gasteiger partial charge in [-0.15, -0.1) is 11.8 Å². The molecule has 0 heterocycles. The van der Waals surface area contributed by atoms with Gasteiger partial charge in [0.05, 0.1) is 5.25 Å². The highest BCUT2D eigenvalue weighted by Gasteiger charge is 2.28. The number of carbonyl (C=O) groups excluding carboxylic acids is 1. The molecule has 0 radical (unpaired) electrons. The van der Waals surface area contributed by atoms with Crippen molar-refractivity contribution in [3.63, 3.8) is 0 Å². The molecule has 0 aliphatic carbocycles. The molecule has 18 heavy (non-hydrogen) atoms. The average molecular weight is 279 g/mol. The van der Waals surface area contributed by atoms with E-state index < -0.39 is 23.9 Å². The Morgan fingerprint density at radius 1 is 1.39 bits per heavy atom. The number of halogens is 3. The van der Waals surface area contributed by atoms with Crippen molar-refractivity contribution in [1.29, 1.82) is 0 Å². The van der Waals surface area contributed by atoms with Crippen molar-refractivity contribution < 1.29 is 23.1 Å². The van der Waals surface area contributed by atoms with Crippen LogP contribution in [-0.2, 0) is 4.79 Å². The van der Waals surface area contributed by atoms with Crippen molar-refractivity contribution in [2.45, 2.75) is 23.2 Å². The van der Waals surface area contributed by atoms with Crippen molar-refractivity contribution in [3.05, 3.63) is 24.3 Å². The van der Waals surface area contributed by atoms with Gasteiger partial charge in [-0.3, -0.25) is 4.79 Å². The Morgan fingerprint density at radius 2 is 1.94 bits per heavy atom. The standard InChI is InChI=1S/C11H12F3NO2S/c1-7(10(17)15-6-11(12,13)14)18-9-4-2-8(16)3-5-9/h2-5,7,16H,6H2,1H3,(H,15,17). The van der Waals surface area contributed by atoms with Crippen LogP contribution in [-0.4, -0.2) is 29.0 Å². The predicted molar refractivity (Wildman–Crippen MR) is 62.5 cm³/mol.